The first-order valence-electron chi connectivity index (χ1n) is 10.5. The molecule has 2 heterocycles. The highest BCUT2D eigenvalue weighted by molar-refractivity contribution is 7.99. The molecule has 0 unspecified atom stereocenters. The van der Waals surface area contributed by atoms with Gasteiger partial charge < -0.3 is 9.80 Å². The van der Waals surface area contributed by atoms with Crippen LogP contribution in [0.3, 0.4) is 0 Å². The van der Waals surface area contributed by atoms with E-state index < -0.39 is 10.0 Å². The van der Waals surface area contributed by atoms with E-state index in [2.05, 4.69) is 70.7 Å². The maximum atomic E-state index is 11.7. The van der Waals surface area contributed by atoms with Crippen LogP contribution in [0.5, 0.6) is 0 Å². The van der Waals surface area contributed by atoms with Crippen LogP contribution in [0.25, 0.3) is 0 Å². The maximum absolute atomic E-state index is 11.7. The molecule has 1 fully saturated rings. The number of benzene rings is 2. The molecular weight excluding hydrogens is 448 g/mol. The highest BCUT2D eigenvalue weighted by Gasteiger charge is 2.25. The fourth-order valence-electron chi connectivity index (χ4n) is 4.05. The Morgan fingerprint density at radius 3 is 2.39 bits per heavy atom. The molecule has 2 aliphatic heterocycles. The Kier molecular flexibility index (Phi) is 7.20. The van der Waals surface area contributed by atoms with Gasteiger partial charge in [0.15, 0.2) is 0 Å². The predicted molar refractivity (Wildman–Crippen MR) is 131 cm³/mol. The average molecular weight is 479 g/mol. The van der Waals surface area contributed by atoms with Crippen LogP contribution in [0, 0.1) is 0 Å². The fraction of sp³-hybridized carbons (Fsp3) is 0.455. The third kappa shape index (κ3) is 5.58. The van der Waals surface area contributed by atoms with Gasteiger partial charge in [-0.05, 0) is 69.3 Å². The number of hydrogen-bond donors (Lipinski definition) is 0. The van der Waals surface area contributed by atoms with E-state index in [-0.39, 0.29) is 0 Å². The minimum Gasteiger partial charge on any atom is -0.340 e. The summed E-state index contributed by atoms with van der Waals surface area (Å²) in [5.41, 5.74) is 2.55. The lowest BCUT2D eigenvalue weighted by Gasteiger charge is -2.35. The molecule has 6 nitrogen and oxygen atoms in total. The zero-order valence-electron chi connectivity index (χ0n) is 18.3. The van der Waals surface area contributed by atoms with Gasteiger partial charge in [-0.25, -0.2) is 8.42 Å². The number of anilines is 2. The van der Waals surface area contributed by atoms with Crippen LogP contribution in [0.2, 0.25) is 0 Å². The monoisotopic (exact) mass is 478 g/mol. The Balaban J connectivity index is 1.45. The predicted octanol–water partition coefficient (Wildman–Crippen LogP) is 3.83. The molecule has 2 aromatic rings. The number of fused-ring (bicyclic) bond motifs is 2. The van der Waals surface area contributed by atoms with Gasteiger partial charge in [0.25, 0.3) is 0 Å². The molecule has 0 spiro atoms. The van der Waals surface area contributed by atoms with Crippen molar-refractivity contribution >= 4 is 45.1 Å². The second-order valence-electron chi connectivity index (χ2n) is 8.11. The minimum absolute atomic E-state index is 0.593. The normalized spacial score (nSPS) is 17.6. The smallest absolute Gasteiger partial charge is 0.211 e. The summed E-state index contributed by atoms with van der Waals surface area (Å²) in [6, 6.07) is 15.4. The van der Waals surface area contributed by atoms with E-state index in [1.807, 2.05) is 11.8 Å². The molecule has 31 heavy (non-hydrogen) atoms. The van der Waals surface area contributed by atoms with Gasteiger partial charge in [-0.1, -0.05) is 23.9 Å². The number of para-hydroxylation sites is 1. The van der Waals surface area contributed by atoms with E-state index in [1.54, 1.807) is 16.3 Å². The highest BCUT2D eigenvalue weighted by Crippen LogP contribution is 2.49. The Labute approximate surface area is 194 Å². The Morgan fingerprint density at radius 2 is 1.68 bits per heavy atom. The van der Waals surface area contributed by atoms with Crippen molar-refractivity contribution in [2.24, 2.45) is 0 Å². The highest BCUT2D eigenvalue weighted by atomic mass is 32.2. The summed E-state index contributed by atoms with van der Waals surface area (Å²) in [5.74, 6) is 0. The van der Waals surface area contributed by atoms with Gasteiger partial charge in [-0.2, -0.15) is 4.31 Å². The Hall–Kier alpha value is -1.23. The number of piperazine rings is 1. The Bertz CT molecular complexity index is 1020. The van der Waals surface area contributed by atoms with Crippen molar-refractivity contribution in [3.05, 3.63) is 42.5 Å². The summed E-state index contributed by atoms with van der Waals surface area (Å²) < 4.78 is 27.2. The van der Waals surface area contributed by atoms with E-state index >= 15 is 0 Å². The lowest BCUT2D eigenvalue weighted by atomic mass is 10.2. The van der Waals surface area contributed by atoms with Crippen LogP contribution < -0.4 is 4.90 Å². The van der Waals surface area contributed by atoms with Crippen LogP contribution in [0.15, 0.2) is 57.2 Å². The van der Waals surface area contributed by atoms with Gasteiger partial charge in [0.2, 0.25) is 10.0 Å². The third-order valence-corrected chi connectivity index (χ3v) is 8.80. The van der Waals surface area contributed by atoms with E-state index in [0.29, 0.717) is 13.1 Å². The molecule has 168 valence electrons. The number of sulfonamides is 1. The second-order valence-corrected chi connectivity index (χ2v) is 12.6. The standard InChI is InChI=1S/C22H30N4O2S3/c1-23(2)30-18-9-10-22-20(17-18)26(19-7-4-5-8-21(19)29-22)12-6-11-24-13-15-25(16-14-24)31(3,27)28/h4-5,7-10,17H,6,11-16H2,1-3H3. The molecule has 1 saturated heterocycles. The van der Waals surface area contributed by atoms with Crippen molar-refractivity contribution in [2.45, 2.75) is 21.1 Å². The second kappa shape index (κ2) is 9.72. The van der Waals surface area contributed by atoms with Crippen molar-refractivity contribution in [2.75, 3.05) is 64.5 Å². The van der Waals surface area contributed by atoms with Gasteiger partial charge in [-0.3, -0.25) is 4.31 Å². The van der Waals surface area contributed by atoms with Crippen molar-refractivity contribution in [3.8, 4) is 0 Å². The van der Waals surface area contributed by atoms with Crippen LogP contribution in [-0.2, 0) is 10.0 Å². The molecule has 0 aliphatic carbocycles. The first-order valence-corrected chi connectivity index (χ1v) is 14.0. The van der Waals surface area contributed by atoms with Crippen LogP contribution in [-0.4, -0.2) is 81.5 Å². The molecule has 0 radical (unpaired) electrons. The van der Waals surface area contributed by atoms with E-state index in [4.69, 9.17) is 0 Å². The molecule has 2 aromatic carbocycles. The largest absolute Gasteiger partial charge is 0.340 e. The molecular formula is C22H30N4O2S3. The summed E-state index contributed by atoms with van der Waals surface area (Å²) in [6.07, 6.45) is 2.33. The lowest BCUT2D eigenvalue weighted by Crippen LogP contribution is -2.48. The zero-order chi connectivity index (χ0) is 22.0. The molecule has 0 saturated carbocycles. The molecule has 0 atom stereocenters. The lowest BCUT2D eigenvalue weighted by molar-refractivity contribution is 0.188. The summed E-state index contributed by atoms with van der Waals surface area (Å²) >= 11 is 3.58. The van der Waals surface area contributed by atoms with Crippen LogP contribution in [0.1, 0.15) is 6.42 Å². The van der Waals surface area contributed by atoms with Crippen molar-refractivity contribution in [3.63, 3.8) is 0 Å². The van der Waals surface area contributed by atoms with Gasteiger partial charge in [0.1, 0.15) is 0 Å². The number of hydrogen-bond acceptors (Lipinski definition) is 7. The molecule has 9 heteroatoms. The van der Waals surface area contributed by atoms with Crippen LogP contribution >= 0.6 is 23.7 Å². The van der Waals surface area contributed by atoms with Gasteiger partial charge in [0, 0.05) is 47.4 Å². The third-order valence-electron chi connectivity index (χ3n) is 5.54. The summed E-state index contributed by atoms with van der Waals surface area (Å²) in [6.45, 7) is 4.71. The maximum Gasteiger partial charge on any atom is 0.211 e. The van der Waals surface area contributed by atoms with Crippen molar-refractivity contribution in [1.29, 1.82) is 0 Å². The fourth-order valence-corrected chi connectivity index (χ4v) is 6.67. The minimum atomic E-state index is -3.08. The Morgan fingerprint density at radius 1 is 0.968 bits per heavy atom. The molecule has 2 aliphatic rings. The average Bonchev–Trinajstić information content (AvgIpc) is 2.73. The quantitative estimate of drug-likeness (QED) is 0.561. The van der Waals surface area contributed by atoms with Gasteiger partial charge in [0.05, 0.1) is 17.6 Å². The summed E-state index contributed by atoms with van der Waals surface area (Å²) in [4.78, 5) is 8.66. The number of nitrogens with zero attached hydrogens (tertiary/aromatic N) is 4. The molecule has 0 bridgehead atoms. The zero-order valence-corrected chi connectivity index (χ0v) is 20.8. The first kappa shape index (κ1) is 22.9. The topological polar surface area (TPSA) is 47.1 Å². The molecule has 4 rings (SSSR count). The van der Waals surface area contributed by atoms with Crippen LogP contribution in [0.4, 0.5) is 11.4 Å². The summed E-state index contributed by atoms with van der Waals surface area (Å²) in [5, 5.41) is 0. The van der Waals surface area contributed by atoms with E-state index in [0.717, 1.165) is 32.6 Å². The van der Waals surface area contributed by atoms with Gasteiger partial charge >= 0.3 is 0 Å². The summed E-state index contributed by atoms with van der Waals surface area (Å²) in [7, 11) is 1.05. The molecule has 0 aromatic heterocycles. The van der Waals surface area contributed by atoms with Gasteiger partial charge in [-0.15, -0.1) is 0 Å². The molecule has 0 amide bonds. The number of rotatable bonds is 7. The first-order chi connectivity index (χ1) is 14.8. The SMILES string of the molecule is CN(C)Sc1ccc2c(c1)N(CCCN1CCN(S(C)(=O)=O)CC1)c1ccccc1S2. The van der Waals surface area contributed by atoms with Crippen molar-refractivity contribution < 1.29 is 8.42 Å². The van der Waals surface area contributed by atoms with E-state index in [9.17, 15) is 8.42 Å². The molecule has 0 N–H and O–H groups in total. The van der Waals surface area contributed by atoms with Crippen molar-refractivity contribution in [1.82, 2.24) is 13.5 Å². The van der Waals surface area contributed by atoms with E-state index in [1.165, 1.54) is 32.3 Å².